The predicted molar refractivity (Wildman–Crippen MR) is 146 cm³/mol. The maximum absolute atomic E-state index is 13.7. The van der Waals surface area contributed by atoms with Gasteiger partial charge in [-0.1, -0.05) is 18.6 Å². The van der Waals surface area contributed by atoms with E-state index in [1.165, 1.54) is 36.9 Å². The molecular weight excluding hydrogens is 468 g/mol. The van der Waals surface area contributed by atoms with Crippen LogP contribution in [0, 0.1) is 0 Å². The van der Waals surface area contributed by atoms with Gasteiger partial charge in [0.05, 0.1) is 24.1 Å². The van der Waals surface area contributed by atoms with Crippen molar-refractivity contribution >= 4 is 16.8 Å². The second-order valence-electron chi connectivity index (χ2n) is 9.79. The zero-order chi connectivity index (χ0) is 26.2. The molecule has 1 saturated heterocycles. The van der Waals surface area contributed by atoms with Crippen LogP contribution >= 0.6 is 0 Å². The summed E-state index contributed by atoms with van der Waals surface area (Å²) in [7, 11) is 0. The van der Waals surface area contributed by atoms with Crippen LogP contribution in [0.1, 0.15) is 46.5 Å². The number of hydrogen-bond acceptors (Lipinski definition) is 6. The zero-order valence-electron chi connectivity index (χ0n) is 22.2. The summed E-state index contributed by atoms with van der Waals surface area (Å²) >= 11 is 0. The number of nitrogens with zero attached hydrogens (tertiary/aromatic N) is 3. The number of likely N-dealkylation sites (tertiary alicyclic amines) is 1. The van der Waals surface area contributed by atoms with Gasteiger partial charge >= 0.3 is 0 Å². The Morgan fingerprint density at radius 3 is 2.59 bits per heavy atom. The first-order chi connectivity index (χ1) is 17.9. The molecule has 198 valence electrons. The number of ether oxygens (including phenoxy) is 2. The van der Waals surface area contributed by atoms with E-state index in [-0.39, 0.29) is 24.1 Å². The Balaban J connectivity index is 1.61. The highest BCUT2D eigenvalue weighted by Gasteiger charge is 2.17. The standard InChI is InChI=1S/C29H38N4O4/c1-4-36-23-11-8-10-22(18-23)28-31-26-13-12-24(37-17-9-16-32-14-6-5-7-15-32)19-25(26)29(35)33(28)20-27(34)30-21(2)3/h8,10-13,18-19,21H,4-7,9,14-17,20H2,1-3H3,(H,30,34). The average molecular weight is 507 g/mol. The number of aromatic nitrogens is 2. The van der Waals surface area contributed by atoms with Crippen LogP contribution < -0.4 is 20.3 Å². The van der Waals surface area contributed by atoms with E-state index in [0.29, 0.717) is 47.0 Å². The second kappa shape index (κ2) is 12.7. The molecule has 2 heterocycles. The van der Waals surface area contributed by atoms with E-state index in [2.05, 4.69) is 10.2 Å². The number of rotatable bonds is 11. The van der Waals surface area contributed by atoms with Crippen molar-refractivity contribution in [3.8, 4) is 22.9 Å². The Kier molecular flexibility index (Phi) is 9.17. The molecule has 3 aromatic rings. The van der Waals surface area contributed by atoms with E-state index in [4.69, 9.17) is 14.5 Å². The lowest BCUT2D eigenvalue weighted by molar-refractivity contribution is -0.122. The molecule has 0 saturated carbocycles. The van der Waals surface area contributed by atoms with E-state index in [9.17, 15) is 9.59 Å². The molecule has 4 rings (SSSR count). The molecule has 0 aliphatic carbocycles. The lowest BCUT2D eigenvalue weighted by Crippen LogP contribution is -2.37. The van der Waals surface area contributed by atoms with Crippen LogP contribution in [0.5, 0.6) is 11.5 Å². The molecule has 0 radical (unpaired) electrons. The summed E-state index contributed by atoms with van der Waals surface area (Å²) in [6.45, 7) is 10.0. The van der Waals surface area contributed by atoms with Crippen molar-refractivity contribution < 1.29 is 14.3 Å². The third kappa shape index (κ3) is 7.10. The van der Waals surface area contributed by atoms with Crippen LogP contribution in [0.2, 0.25) is 0 Å². The fourth-order valence-electron chi connectivity index (χ4n) is 4.72. The summed E-state index contributed by atoms with van der Waals surface area (Å²) < 4.78 is 13.1. The number of hydrogen-bond donors (Lipinski definition) is 1. The molecule has 1 aliphatic rings. The van der Waals surface area contributed by atoms with Crippen molar-refractivity contribution in [2.75, 3.05) is 32.8 Å². The first kappa shape index (κ1) is 26.7. The number of carbonyl (C=O) groups is 1. The summed E-state index contributed by atoms with van der Waals surface area (Å²) in [5.74, 6) is 1.49. The maximum Gasteiger partial charge on any atom is 0.262 e. The lowest BCUT2D eigenvalue weighted by atomic mass is 10.1. The van der Waals surface area contributed by atoms with Gasteiger partial charge in [-0.3, -0.25) is 14.2 Å². The minimum atomic E-state index is -0.278. The molecule has 0 bridgehead atoms. The molecule has 1 aromatic heterocycles. The molecule has 8 heteroatoms. The number of carbonyl (C=O) groups excluding carboxylic acids is 1. The van der Waals surface area contributed by atoms with Crippen molar-refractivity contribution in [2.24, 2.45) is 0 Å². The number of fused-ring (bicyclic) bond motifs is 1. The van der Waals surface area contributed by atoms with E-state index in [1.807, 2.05) is 57.2 Å². The monoisotopic (exact) mass is 506 g/mol. The lowest BCUT2D eigenvalue weighted by Gasteiger charge is -2.26. The molecular formula is C29H38N4O4. The molecule has 1 amide bonds. The van der Waals surface area contributed by atoms with Crippen LogP contribution in [-0.2, 0) is 11.3 Å². The highest BCUT2D eigenvalue weighted by molar-refractivity contribution is 5.83. The average Bonchev–Trinajstić information content (AvgIpc) is 2.89. The summed E-state index contributed by atoms with van der Waals surface area (Å²) in [6.07, 6.45) is 4.81. The van der Waals surface area contributed by atoms with Gasteiger partial charge in [0.25, 0.3) is 5.56 Å². The maximum atomic E-state index is 13.7. The van der Waals surface area contributed by atoms with Gasteiger partial charge < -0.3 is 19.7 Å². The topological polar surface area (TPSA) is 85.7 Å². The van der Waals surface area contributed by atoms with Crippen molar-refractivity contribution in [2.45, 2.75) is 59.0 Å². The minimum Gasteiger partial charge on any atom is -0.494 e. The Morgan fingerprint density at radius 1 is 1.05 bits per heavy atom. The van der Waals surface area contributed by atoms with Crippen LogP contribution in [0.15, 0.2) is 47.3 Å². The van der Waals surface area contributed by atoms with Crippen LogP contribution in [0.4, 0.5) is 0 Å². The molecule has 8 nitrogen and oxygen atoms in total. The summed E-state index contributed by atoms with van der Waals surface area (Å²) in [5.41, 5.74) is 0.989. The quantitative estimate of drug-likeness (QED) is 0.392. The zero-order valence-corrected chi connectivity index (χ0v) is 22.2. The van der Waals surface area contributed by atoms with Gasteiger partial charge in [-0.15, -0.1) is 0 Å². The number of piperidine rings is 1. The molecule has 37 heavy (non-hydrogen) atoms. The largest absolute Gasteiger partial charge is 0.494 e. The molecule has 1 N–H and O–H groups in total. The molecule has 2 aromatic carbocycles. The summed E-state index contributed by atoms with van der Waals surface area (Å²) in [6, 6.07) is 12.8. The molecule has 0 spiro atoms. The molecule has 0 unspecified atom stereocenters. The van der Waals surface area contributed by atoms with E-state index >= 15 is 0 Å². The van der Waals surface area contributed by atoms with Gasteiger partial charge in [0, 0.05) is 18.2 Å². The minimum absolute atomic E-state index is 0.0358. The molecule has 1 aliphatic heterocycles. The van der Waals surface area contributed by atoms with Crippen LogP contribution in [0.25, 0.3) is 22.3 Å². The van der Waals surface area contributed by atoms with Crippen molar-refractivity contribution in [1.29, 1.82) is 0 Å². The van der Waals surface area contributed by atoms with Gasteiger partial charge in [0.1, 0.15) is 23.9 Å². The molecule has 0 atom stereocenters. The van der Waals surface area contributed by atoms with E-state index in [0.717, 1.165) is 13.0 Å². The summed E-state index contributed by atoms with van der Waals surface area (Å²) in [4.78, 5) is 33.7. The van der Waals surface area contributed by atoms with Gasteiger partial charge in [-0.25, -0.2) is 4.98 Å². The van der Waals surface area contributed by atoms with Crippen LogP contribution in [0.3, 0.4) is 0 Å². The van der Waals surface area contributed by atoms with Crippen molar-refractivity contribution in [1.82, 2.24) is 19.8 Å². The first-order valence-corrected chi connectivity index (χ1v) is 13.4. The van der Waals surface area contributed by atoms with Gasteiger partial charge in [0.2, 0.25) is 5.91 Å². The predicted octanol–water partition coefficient (Wildman–Crippen LogP) is 4.24. The third-order valence-corrected chi connectivity index (χ3v) is 6.42. The number of benzene rings is 2. The van der Waals surface area contributed by atoms with Gasteiger partial charge in [0.15, 0.2) is 0 Å². The van der Waals surface area contributed by atoms with Crippen LogP contribution in [-0.4, -0.2) is 59.2 Å². The fraction of sp³-hybridized carbons (Fsp3) is 0.483. The number of nitrogens with one attached hydrogen (secondary N) is 1. The highest BCUT2D eigenvalue weighted by atomic mass is 16.5. The highest BCUT2D eigenvalue weighted by Crippen LogP contribution is 2.25. The van der Waals surface area contributed by atoms with Gasteiger partial charge in [-0.2, -0.15) is 0 Å². The van der Waals surface area contributed by atoms with E-state index < -0.39 is 0 Å². The second-order valence-corrected chi connectivity index (χ2v) is 9.79. The van der Waals surface area contributed by atoms with E-state index in [1.54, 1.807) is 6.07 Å². The van der Waals surface area contributed by atoms with Crippen molar-refractivity contribution in [3.63, 3.8) is 0 Å². The Hall–Kier alpha value is -3.39. The normalized spacial score (nSPS) is 14.2. The third-order valence-electron chi connectivity index (χ3n) is 6.42. The first-order valence-electron chi connectivity index (χ1n) is 13.4. The Labute approximate surface area is 218 Å². The fourth-order valence-corrected chi connectivity index (χ4v) is 4.72. The van der Waals surface area contributed by atoms with Gasteiger partial charge in [-0.05, 0) is 83.5 Å². The summed E-state index contributed by atoms with van der Waals surface area (Å²) in [5, 5.41) is 3.30. The Bertz CT molecular complexity index is 1260. The SMILES string of the molecule is CCOc1cccc(-c2nc3ccc(OCCCN4CCCCC4)cc3c(=O)n2CC(=O)NC(C)C)c1. The number of amides is 1. The van der Waals surface area contributed by atoms with Crippen molar-refractivity contribution in [3.05, 3.63) is 52.8 Å². The molecule has 1 fully saturated rings. The Morgan fingerprint density at radius 2 is 1.84 bits per heavy atom. The smallest absolute Gasteiger partial charge is 0.262 e.